The van der Waals surface area contributed by atoms with Crippen LogP contribution in [0.4, 0.5) is 0 Å². The first-order valence-electron chi connectivity index (χ1n) is 6.75. The summed E-state index contributed by atoms with van der Waals surface area (Å²) in [6.45, 7) is 8.28. The second-order valence-corrected chi connectivity index (χ2v) is 5.84. The van der Waals surface area contributed by atoms with Crippen molar-refractivity contribution in [3.05, 3.63) is 35.4 Å². The van der Waals surface area contributed by atoms with E-state index in [0.717, 1.165) is 18.4 Å². The van der Waals surface area contributed by atoms with E-state index >= 15 is 0 Å². The first kappa shape index (κ1) is 14.9. The topological polar surface area (TPSA) is 43.1 Å². The number of hydrogen-bond acceptors (Lipinski definition) is 2. The SMILES string of the molecule is CCC(C)c1ccc(C(=O)CCC(C)(C)N)cc1. The molecule has 100 valence electrons. The Morgan fingerprint density at radius 2 is 1.83 bits per heavy atom. The molecule has 0 fully saturated rings. The zero-order chi connectivity index (χ0) is 13.8. The van der Waals surface area contributed by atoms with Crippen LogP contribution >= 0.6 is 0 Å². The predicted octanol–water partition coefficient (Wildman–Crippen LogP) is 3.90. The van der Waals surface area contributed by atoms with Gasteiger partial charge in [-0.1, -0.05) is 38.1 Å². The molecule has 0 spiro atoms. The Kier molecular flexibility index (Phi) is 5.09. The third-order valence-electron chi connectivity index (χ3n) is 3.41. The van der Waals surface area contributed by atoms with E-state index in [4.69, 9.17) is 5.73 Å². The molecule has 0 bridgehead atoms. The normalized spacial score (nSPS) is 13.4. The minimum atomic E-state index is -0.272. The number of rotatable bonds is 6. The summed E-state index contributed by atoms with van der Waals surface area (Å²) in [5.41, 5.74) is 7.72. The molecule has 0 heterocycles. The molecule has 1 aromatic rings. The number of benzene rings is 1. The molecule has 1 aromatic carbocycles. The molecule has 0 aliphatic carbocycles. The summed E-state index contributed by atoms with van der Waals surface area (Å²) < 4.78 is 0. The van der Waals surface area contributed by atoms with Crippen LogP contribution in [0.3, 0.4) is 0 Å². The van der Waals surface area contributed by atoms with E-state index in [1.54, 1.807) is 0 Å². The minimum absolute atomic E-state index is 0.184. The summed E-state index contributed by atoms with van der Waals surface area (Å²) >= 11 is 0. The lowest BCUT2D eigenvalue weighted by molar-refractivity contribution is 0.0972. The number of carbonyl (C=O) groups is 1. The number of Topliss-reactive ketones (excluding diaryl/α,β-unsaturated/α-hetero) is 1. The minimum Gasteiger partial charge on any atom is -0.326 e. The van der Waals surface area contributed by atoms with Crippen molar-refractivity contribution in [3.63, 3.8) is 0 Å². The Hall–Kier alpha value is -1.15. The van der Waals surface area contributed by atoms with Crippen LogP contribution in [-0.4, -0.2) is 11.3 Å². The molecule has 0 saturated heterocycles. The highest BCUT2D eigenvalue weighted by Gasteiger charge is 2.14. The summed E-state index contributed by atoms with van der Waals surface area (Å²) in [6, 6.07) is 8.00. The summed E-state index contributed by atoms with van der Waals surface area (Å²) in [5.74, 6) is 0.737. The summed E-state index contributed by atoms with van der Waals surface area (Å²) in [6.07, 6.45) is 2.36. The fourth-order valence-corrected chi connectivity index (χ4v) is 1.81. The van der Waals surface area contributed by atoms with Gasteiger partial charge in [0.15, 0.2) is 5.78 Å². The summed E-state index contributed by atoms with van der Waals surface area (Å²) in [7, 11) is 0. The maximum Gasteiger partial charge on any atom is 0.162 e. The van der Waals surface area contributed by atoms with Crippen molar-refractivity contribution in [2.24, 2.45) is 5.73 Å². The van der Waals surface area contributed by atoms with E-state index in [-0.39, 0.29) is 11.3 Å². The highest BCUT2D eigenvalue weighted by molar-refractivity contribution is 5.96. The van der Waals surface area contributed by atoms with Crippen LogP contribution in [0, 0.1) is 0 Å². The second kappa shape index (κ2) is 6.14. The maximum absolute atomic E-state index is 12.0. The van der Waals surface area contributed by atoms with Crippen molar-refractivity contribution in [2.45, 2.75) is 58.4 Å². The standard InChI is InChI=1S/C16H25NO/c1-5-12(2)13-6-8-14(9-7-13)15(18)10-11-16(3,4)17/h6-9,12H,5,10-11,17H2,1-4H3. The van der Waals surface area contributed by atoms with Gasteiger partial charge in [-0.05, 0) is 38.2 Å². The van der Waals surface area contributed by atoms with Crippen LogP contribution in [0.25, 0.3) is 0 Å². The van der Waals surface area contributed by atoms with Crippen molar-refractivity contribution >= 4 is 5.78 Å². The number of carbonyl (C=O) groups excluding carboxylic acids is 1. The Labute approximate surface area is 111 Å². The molecular weight excluding hydrogens is 222 g/mol. The van der Waals surface area contributed by atoms with Gasteiger partial charge in [-0.25, -0.2) is 0 Å². The molecular formula is C16H25NO. The van der Waals surface area contributed by atoms with E-state index in [1.807, 2.05) is 26.0 Å². The average Bonchev–Trinajstić information content (AvgIpc) is 2.34. The molecule has 1 atom stereocenters. The number of ketones is 1. The number of hydrogen-bond donors (Lipinski definition) is 1. The van der Waals surface area contributed by atoms with Gasteiger partial charge in [-0.3, -0.25) is 4.79 Å². The van der Waals surface area contributed by atoms with E-state index in [0.29, 0.717) is 12.3 Å². The fourth-order valence-electron chi connectivity index (χ4n) is 1.81. The molecule has 0 aliphatic heterocycles. The Morgan fingerprint density at radius 3 is 2.28 bits per heavy atom. The Balaban J connectivity index is 2.65. The third kappa shape index (κ3) is 4.61. The van der Waals surface area contributed by atoms with E-state index in [1.165, 1.54) is 5.56 Å². The number of nitrogens with two attached hydrogens (primary N) is 1. The zero-order valence-electron chi connectivity index (χ0n) is 12.0. The highest BCUT2D eigenvalue weighted by atomic mass is 16.1. The lowest BCUT2D eigenvalue weighted by atomic mass is 9.94. The molecule has 2 nitrogen and oxygen atoms in total. The van der Waals surface area contributed by atoms with Crippen LogP contribution in [0.2, 0.25) is 0 Å². The largest absolute Gasteiger partial charge is 0.326 e. The van der Waals surface area contributed by atoms with Gasteiger partial charge in [0.2, 0.25) is 0 Å². The van der Waals surface area contributed by atoms with Crippen LogP contribution in [0.5, 0.6) is 0 Å². The van der Waals surface area contributed by atoms with Crippen molar-refractivity contribution < 1.29 is 4.79 Å². The smallest absolute Gasteiger partial charge is 0.162 e. The maximum atomic E-state index is 12.0. The molecule has 0 amide bonds. The van der Waals surface area contributed by atoms with E-state index in [9.17, 15) is 4.79 Å². The molecule has 1 unspecified atom stereocenters. The van der Waals surface area contributed by atoms with Gasteiger partial charge >= 0.3 is 0 Å². The van der Waals surface area contributed by atoms with Crippen LogP contribution in [0.1, 0.15) is 68.8 Å². The molecule has 0 aromatic heterocycles. The summed E-state index contributed by atoms with van der Waals surface area (Å²) in [5, 5.41) is 0. The molecule has 2 N–H and O–H groups in total. The summed E-state index contributed by atoms with van der Waals surface area (Å²) in [4.78, 5) is 12.0. The van der Waals surface area contributed by atoms with Gasteiger partial charge in [-0.15, -0.1) is 0 Å². The molecule has 0 saturated carbocycles. The van der Waals surface area contributed by atoms with Crippen molar-refractivity contribution in [3.8, 4) is 0 Å². The van der Waals surface area contributed by atoms with Gasteiger partial charge in [0.25, 0.3) is 0 Å². The van der Waals surface area contributed by atoms with Crippen molar-refractivity contribution in [1.82, 2.24) is 0 Å². The monoisotopic (exact) mass is 247 g/mol. The first-order valence-corrected chi connectivity index (χ1v) is 6.75. The van der Waals surface area contributed by atoms with Gasteiger partial charge in [0, 0.05) is 17.5 Å². The van der Waals surface area contributed by atoms with Gasteiger partial charge in [-0.2, -0.15) is 0 Å². The van der Waals surface area contributed by atoms with Gasteiger partial charge in [0.1, 0.15) is 0 Å². The van der Waals surface area contributed by atoms with Crippen molar-refractivity contribution in [1.29, 1.82) is 0 Å². The Bertz CT molecular complexity index is 387. The lowest BCUT2D eigenvalue weighted by Gasteiger charge is -2.17. The molecule has 0 radical (unpaired) electrons. The van der Waals surface area contributed by atoms with Crippen LogP contribution < -0.4 is 5.73 Å². The predicted molar refractivity (Wildman–Crippen MR) is 77.0 cm³/mol. The average molecular weight is 247 g/mol. The van der Waals surface area contributed by atoms with Gasteiger partial charge in [0.05, 0.1) is 0 Å². The van der Waals surface area contributed by atoms with E-state index in [2.05, 4.69) is 26.0 Å². The van der Waals surface area contributed by atoms with Crippen LogP contribution in [0.15, 0.2) is 24.3 Å². The van der Waals surface area contributed by atoms with Crippen LogP contribution in [-0.2, 0) is 0 Å². The Morgan fingerprint density at radius 1 is 1.28 bits per heavy atom. The molecule has 0 aliphatic rings. The first-order chi connectivity index (χ1) is 8.33. The third-order valence-corrected chi connectivity index (χ3v) is 3.41. The van der Waals surface area contributed by atoms with E-state index < -0.39 is 0 Å². The lowest BCUT2D eigenvalue weighted by Crippen LogP contribution is -2.32. The highest BCUT2D eigenvalue weighted by Crippen LogP contribution is 2.20. The molecule has 18 heavy (non-hydrogen) atoms. The van der Waals surface area contributed by atoms with Gasteiger partial charge < -0.3 is 5.73 Å². The fraction of sp³-hybridized carbons (Fsp3) is 0.562. The van der Waals surface area contributed by atoms with Crippen molar-refractivity contribution in [2.75, 3.05) is 0 Å². The molecule has 1 rings (SSSR count). The molecule has 2 heteroatoms. The quantitative estimate of drug-likeness (QED) is 0.775. The zero-order valence-corrected chi connectivity index (χ0v) is 12.0. The second-order valence-electron chi connectivity index (χ2n) is 5.84.